The first-order valence-corrected chi connectivity index (χ1v) is 4.78. The van der Waals surface area contributed by atoms with Crippen molar-refractivity contribution < 1.29 is 26.9 Å². The highest BCUT2D eigenvalue weighted by atomic mass is 35.5. The second-order valence-corrected chi connectivity index (χ2v) is 3.53. The predicted octanol–water partition coefficient (Wildman–Crippen LogP) is 3.36. The minimum Gasteiger partial charge on any atom is -0.343 e. The second kappa shape index (κ2) is 4.41. The molecule has 2 aromatic rings. The smallest absolute Gasteiger partial charge is 0.237 e. The van der Waals surface area contributed by atoms with E-state index in [1.165, 1.54) is 0 Å². The zero-order valence-electron chi connectivity index (χ0n) is 8.31. The fourth-order valence-electron chi connectivity index (χ4n) is 1.32. The van der Waals surface area contributed by atoms with Crippen LogP contribution in [-0.4, -0.2) is 11.4 Å². The molecule has 3 nitrogen and oxygen atoms in total. The SMILES string of the molecule is O=Cc1c(-c2cc(F)c(F)c(F)c2F)noc1Cl. The van der Waals surface area contributed by atoms with Gasteiger partial charge in [0.25, 0.3) is 0 Å². The quantitative estimate of drug-likeness (QED) is 0.366. The number of carbonyl (C=O) groups excluding carboxylic acids is 1. The van der Waals surface area contributed by atoms with Gasteiger partial charge in [-0.15, -0.1) is 0 Å². The fraction of sp³-hybridized carbons (Fsp3) is 0. The Morgan fingerprint density at radius 3 is 2.44 bits per heavy atom. The third-order valence-corrected chi connectivity index (χ3v) is 2.43. The highest BCUT2D eigenvalue weighted by molar-refractivity contribution is 6.31. The van der Waals surface area contributed by atoms with Crippen molar-refractivity contribution in [2.45, 2.75) is 0 Å². The van der Waals surface area contributed by atoms with E-state index in [0.29, 0.717) is 6.07 Å². The van der Waals surface area contributed by atoms with Crippen LogP contribution in [0, 0.1) is 23.3 Å². The summed E-state index contributed by atoms with van der Waals surface area (Å²) in [5.74, 6) is -7.29. The number of aldehydes is 1. The summed E-state index contributed by atoms with van der Waals surface area (Å²) in [5, 5.41) is 2.73. The van der Waals surface area contributed by atoms with Crippen LogP contribution in [0.3, 0.4) is 0 Å². The Morgan fingerprint density at radius 1 is 1.17 bits per heavy atom. The summed E-state index contributed by atoms with van der Waals surface area (Å²) in [5.41, 5.74) is -1.66. The van der Waals surface area contributed by atoms with Gasteiger partial charge in [0, 0.05) is 5.56 Å². The number of nitrogens with zero attached hydrogens (tertiary/aromatic N) is 1. The van der Waals surface area contributed by atoms with E-state index in [9.17, 15) is 22.4 Å². The van der Waals surface area contributed by atoms with Gasteiger partial charge in [0.15, 0.2) is 29.6 Å². The molecule has 0 spiro atoms. The molecule has 1 aromatic carbocycles. The zero-order valence-corrected chi connectivity index (χ0v) is 9.06. The normalized spacial score (nSPS) is 10.7. The Balaban J connectivity index is 2.75. The maximum atomic E-state index is 13.4. The van der Waals surface area contributed by atoms with E-state index >= 15 is 0 Å². The molecule has 1 heterocycles. The first-order chi connectivity index (χ1) is 8.47. The molecule has 0 aliphatic carbocycles. The first kappa shape index (κ1) is 12.6. The molecule has 8 heteroatoms. The Labute approximate surface area is 102 Å². The average molecular weight is 280 g/mol. The Hall–Kier alpha value is -1.89. The van der Waals surface area contributed by atoms with Crippen molar-refractivity contribution in [3.8, 4) is 11.3 Å². The van der Waals surface area contributed by atoms with Crippen LogP contribution in [-0.2, 0) is 0 Å². The number of hydrogen-bond acceptors (Lipinski definition) is 3. The van der Waals surface area contributed by atoms with E-state index in [4.69, 9.17) is 11.6 Å². The number of aromatic nitrogens is 1. The van der Waals surface area contributed by atoms with Gasteiger partial charge in [-0.25, -0.2) is 17.6 Å². The lowest BCUT2D eigenvalue weighted by Crippen LogP contribution is -1.99. The molecule has 1 aromatic heterocycles. The van der Waals surface area contributed by atoms with E-state index in [0.717, 1.165) is 0 Å². The first-order valence-electron chi connectivity index (χ1n) is 4.41. The topological polar surface area (TPSA) is 43.1 Å². The van der Waals surface area contributed by atoms with E-state index in [-0.39, 0.29) is 11.8 Å². The van der Waals surface area contributed by atoms with E-state index in [1.54, 1.807) is 0 Å². The maximum Gasteiger partial charge on any atom is 0.237 e. The maximum absolute atomic E-state index is 13.4. The molecular formula is C10H2ClF4NO2. The molecule has 0 unspecified atom stereocenters. The summed E-state index contributed by atoms with van der Waals surface area (Å²) in [6, 6.07) is 0.356. The summed E-state index contributed by atoms with van der Waals surface area (Å²) in [4.78, 5) is 10.7. The fourth-order valence-corrected chi connectivity index (χ4v) is 1.49. The van der Waals surface area contributed by atoms with Crippen molar-refractivity contribution >= 4 is 17.9 Å². The highest BCUT2D eigenvalue weighted by Gasteiger charge is 2.25. The third-order valence-electron chi connectivity index (χ3n) is 2.16. The largest absolute Gasteiger partial charge is 0.343 e. The number of carbonyl (C=O) groups is 1. The van der Waals surface area contributed by atoms with Gasteiger partial charge in [-0.1, -0.05) is 5.16 Å². The van der Waals surface area contributed by atoms with E-state index < -0.39 is 39.7 Å². The molecule has 2 rings (SSSR count). The molecule has 0 fully saturated rings. The highest BCUT2D eigenvalue weighted by Crippen LogP contribution is 2.31. The number of hydrogen-bond donors (Lipinski definition) is 0. The molecular weight excluding hydrogens is 278 g/mol. The van der Waals surface area contributed by atoms with Crippen LogP contribution >= 0.6 is 11.6 Å². The van der Waals surface area contributed by atoms with Crippen LogP contribution in [0.4, 0.5) is 17.6 Å². The number of rotatable bonds is 2. The second-order valence-electron chi connectivity index (χ2n) is 3.18. The molecule has 94 valence electrons. The minimum absolute atomic E-state index is 0.173. The Morgan fingerprint density at radius 2 is 1.83 bits per heavy atom. The van der Waals surface area contributed by atoms with Gasteiger partial charge in [0.05, 0.1) is 0 Å². The predicted molar refractivity (Wildman–Crippen MR) is 52.2 cm³/mol. The van der Waals surface area contributed by atoms with Crippen molar-refractivity contribution in [1.82, 2.24) is 5.16 Å². The third kappa shape index (κ3) is 1.76. The summed E-state index contributed by atoms with van der Waals surface area (Å²) < 4.78 is 56.6. The van der Waals surface area contributed by atoms with Crippen molar-refractivity contribution in [3.63, 3.8) is 0 Å². The van der Waals surface area contributed by atoms with Crippen molar-refractivity contribution in [2.24, 2.45) is 0 Å². The summed E-state index contributed by atoms with van der Waals surface area (Å²) >= 11 is 5.41. The lowest BCUT2D eigenvalue weighted by atomic mass is 10.1. The average Bonchev–Trinajstić information content (AvgIpc) is 2.72. The molecule has 0 aliphatic heterocycles. The molecule has 0 N–H and O–H groups in total. The lowest BCUT2D eigenvalue weighted by molar-refractivity contribution is 0.112. The minimum atomic E-state index is -2.01. The van der Waals surface area contributed by atoms with Gasteiger partial charge in [-0.2, -0.15) is 0 Å². The van der Waals surface area contributed by atoms with Gasteiger partial charge in [-0.05, 0) is 17.7 Å². The summed E-state index contributed by atoms with van der Waals surface area (Å²) in [6.45, 7) is 0. The molecule has 0 saturated heterocycles. The van der Waals surface area contributed by atoms with Crippen LogP contribution in [0.15, 0.2) is 10.6 Å². The van der Waals surface area contributed by atoms with Crippen LogP contribution in [0.5, 0.6) is 0 Å². The number of halogens is 5. The van der Waals surface area contributed by atoms with Gasteiger partial charge in [0.2, 0.25) is 5.22 Å². The molecule has 0 amide bonds. The van der Waals surface area contributed by atoms with E-state index in [1.807, 2.05) is 0 Å². The molecule has 0 aliphatic rings. The number of benzene rings is 1. The van der Waals surface area contributed by atoms with Crippen LogP contribution in [0.1, 0.15) is 10.4 Å². The van der Waals surface area contributed by atoms with Gasteiger partial charge < -0.3 is 4.52 Å². The zero-order chi connectivity index (χ0) is 13.4. The summed E-state index contributed by atoms with van der Waals surface area (Å²) in [6.07, 6.45) is 0.173. The molecule has 0 bridgehead atoms. The van der Waals surface area contributed by atoms with Crippen molar-refractivity contribution in [1.29, 1.82) is 0 Å². The van der Waals surface area contributed by atoms with Crippen molar-refractivity contribution in [2.75, 3.05) is 0 Å². The molecule has 18 heavy (non-hydrogen) atoms. The van der Waals surface area contributed by atoms with Gasteiger partial charge in [-0.3, -0.25) is 4.79 Å². The molecule has 0 saturated carbocycles. The van der Waals surface area contributed by atoms with Crippen molar-refractivity contribution in [3.05, 3.63) is 40.1 Å². The Kier molecular flexibility index (Phi) is 3.08. The van der Waals surface area contributed by atoms with Crippen LogP contribution < -0.4 is 0 Å². The monoisotopic (exact) mass is 279 g/mol. The summed E-state index contributed by atoms with van der Waals surface area (Å²) in [7, 11) is 0. The van der Waals surface area contributed by atoms with Crippen LogP contribution in [0.25, 0.3) is 11.3 Å². The van der Waals surface area contributed by atoms with Gasteiger partial charge in [0.1, 0.15) is 11.3 Å². The van der Waals surface area contributed by atoms with Crippen LogP contribution in [0.2, 0.25) is 5.22 Å². The molecule has 0 radical (unpaired) electrons. The lowest BCUT2D eigenvalue weighted by Gasteiger charge is -2.03. The standard InChI is InChI=1S/C10H2ClF4NO2/c11-10-4(2-17)9(16-18-10)3-1-5(12)7(14)8(15)6(3)13/h1-2H. The molecule has 0 atom stereocenters. The van der Waals surface area contributed by atoms with Gasteiger partial charge >= 0.3 is 0 Å². The van der Waals surface area contributed by atoms with E-state index in [2.05, 4.69) is 9.68 Å². The Bertz CT molecular complexity index is 641.